The summed E-state index contributed by atoms with van der Waals surface area (Å²) in [6, 6.07) is -0.580. The van der Waals surface area contributed by atoms with Crippen molar-refractivity contribution in [3.63, 3.8) is 0 Å². The van der Waals surface area contributed by atoms with Gasteiger partial charge in [0.25, 0.3) is 0 Å². The van der Waals surface area contributed by atoms with Crippen LogP contribution in [0.15, 0.2) is 15.6 Å². The van der Waals surface area contributed by atoms with Crippen LogP contribution in [0.1, 0.15) is 51.7 Å². The van der Waals surface area contributed by atoms with E-state index in [1.165, 1.54) is 35.0 Å². The first-order valence-corrected chi connectivity index (χ1v) is 14.7. The first-order valence-electron chi connectivity index (χ1n) is 12.9. The van der Waals surface area contributed by atoms with Crippen LogP contribution in [0.2, 0.25) is 0 Å². The van der Waals surface area contributed by atoms with Gasteiger partial charge >= 0.3 is 26.0 Å². The van der Waals surface area contributed by atoms with E-state index < -0.39 is 51.1 Å². The molecule has 17 heteroatoms. The van der Waals surface area contributed by atoms with Crippen LogP contribution in [-0.2, 0) is 33.4 Å². The number of rotatable bonds is 10. The summed E-state index contributed by atoms with van der Waals surface area (Å²) >= 11 is 2.30. The highest BCUT2D eigenvalue weighted by Gasteiger charge is 2.66. The van der Waals surface area contributed by atoms with Crippen molar-refractivity contribution in [2.45, 2.75) is 69.4 Å². The minimum atomic E-state index is -1.62. The molecule has 0 aliphatic carbocycles. The van der Waals surface area contributed by atoms with Gasteiger partial charge in [-0.2, -0.15) is 5.10 Å². The number of oxime groups is 1. The Morgan fingerprint density at radius 3 is 2.45 bits per heavy atom. The largest absolute Gasteiger partial charge is 0.541 e. The standard InChI is InChI=1S/C25H31BN6O8S2/c1-13-28-15(11-41-13)17(29-40-24(5,6)20(35)38-23(2,3)4)16(33)10-14-18(34)30-12-25(21(36)39-26,42-19(14)30)31-8-9-32(27-7)22(31)37/h11,14,19H,7-10,12H2,1-6H3/b29-17-/t14?,19-,25-/m1/s1. The number of thioether (sulfide) groups is 1. The maximum atomic E-state index is 13.6. The number of fused-ring (bicyclic) bond motifs is 1. The van der Waals surface area contributed by atoms with Gasteiger partial charge in [0.2, 0.25) is 16.4 Å². The molecule has 1 aromatic heterocycles. The summed E-state index contributed by atoms with van der Waals surface area (Å²) < 4.78 is 9.95. The van der Waals surface area contributed by atoms with Gasteiger partial charge in [-0.3, -0.25) is 19.3 Å². The van der Waals surface area contributed by atoms with Gasteiger partial charge in [0, 0.05) is 25.1 Å². The minimum Gasteiger partial charge on any atom is -0.541 e. The lowest BCUT2D eigenvalue weighted by atomic mass is 9.90. The number of esters is 1. The van der Waals surface area contributed by atoms with Crippen LogP contribution in [0.25, 0.3) is 0 Å². The van der Waals surface area contributed by atoms with E-state index in [4.69, 9.17) is 17.6 Å². The predicted molar refractivity (Wildman–Crippen MR) is 154 cm³/mol. The maximum Gasteiger partial charge on any atom is 0.378 e. The Morgan fingerprint density at radius 2 is 1.90 bits per heavy atom. The number of hydrazone groups is 1. The van der Waals surface area contributed by atoms with Gasteiger partial charge in [-0.25, -0.2) is 19.6 Å². The van der Waals surface area contributed by atoms with E-state index in [1.807, 2.05) is 0 Å². The number of thiazole rings is 1. The topological polar surface area (TPSA) is 160 Å². The van der Waals surface area contributed by atoms with E-state index in [2.05, 4.69) is 26.6 Å². The third-order valence-corrected chi connectivity index (χ3v) is 9.26. The summed E-state index contributed by atoms with van der Waals surface area (Å²) in [6.07, 6.45) is -0.291. The van der Waals surface area contributed by atoms with Crippen molar-refractivity contribution in [2.75, 3.05) is 19.6 Å². The number of aromatic nitrogens is 1. The quantitative estimate of drug-likeness (QED) is 0.123. The van der Waals surface area contributed by atoms with Gasteiger partial charge in [0.05, 0.1) is 29.4 Å². The van der Waals surface area contributed by atoms with E-state index in [1.54, 1.807) is 33.1 Å². The monoisotopic (exact) mass is 618 g/mol. The number of nitrogens with zero attached hydrogens (tertiary/aromatic N) is 6. The molecule has 0 spiro atoms. The number of urea groups is 1. The summed E-state index contributed by atoms with van der Waals surface area (Å²) in [5, 5.41) is 10.4. The molecule has 0 aromatic carbocycles. The molecule has 224 valence electrons. The smallest absolute Gasteiger partial charge is 0.378 e. The van der Waals surface area contributed by atoms with Crippen LogP contribution >= 0.6 is 23.1 Å². The summed E-state index contributed by atoms with van der Waals surface area (Å²) in [5.41, 5.74) is -2.24. The van der Waals surface area contributed by atoms with Gasteiger partial charge in [-0.15, -0.1) is 11.3 Å². The molecule has 3 fully saturated rings. The SMILES string of the molecule is [B]OC(=O)[C@@]1(N2CCN(N=C)C2=O)CN2C(=O)C(CC(=O)/C(=N\OC(C)(C)C(=O)OC(C)(C)C)c3csc(C)n3)[C@H]2S1. The highest BCUT2D eigenvalue weighted by molar-refractivity contribution is 8.02. The number of carbonyl (C=O) groups is 5. The molecule has 4 rings (SSSR count). The minimum absolute atomic E-state index is 0.128. The van der Waals surface area contributed by atoms with Crippen LogP contribution in [0.3, 0.4) is 0 Å². The lowest BCUT2D eigenvalue weighted by molar-refractivity contribution is -0.179. The molecule has 1 aromatic rings. The molecular formula is C25H31BN6O8S2. The van der Waals surface area contributed by atoms with Crippen molar-refractivity contribution >= 4 is 73.2 Å². The van der Waals surface area contributed by atoms with Crippen molar-refractivity contribution in [1.82, 2.24) is 19.8 Å². The second kappa shape index (κ2) is 11.3. The molecule has 1 unspecified atom stereocenters. The molecule has 4 heterocycles. The summed E-state index contributed by atoms with van der Waals surface area (Å²) in [6.45, 7) is 13.3. The second-order valence-corrected chi connectivity index (χ2v) is 13.8. The average Bonchev–Trinajstić information content (AvgIpc) is 3.61. The Labute approximate surface area is 252 Å². The average molecular weight is 619 g/mol. The highest BCUT2D eigenvalue weighted by Crippen LogP contribution is 2.53. The number of aryl methyl sites for hydroxylation is 1. The normalized spacial score (nSPS) is 24.3. The number of ether oxygens (including phenoxy) is 1. The molecule has 2 radical (unpaired) electrons. The Hall–Kier alpha value is -3.47. The third-order valence-electron chi connectivity index (χ3n) is 6.76. The highest BCUT2D eigenvalue weighted by atomic mass is 32.2. The molecule has 0 saturated carbocycles. The zero-order valence-corrected chi connectivity index (χ0v) is 25.7. The van der Waals surface area contributed by atoms with Crippen LogP contribution in [0.4, 0.5) is 4.79 Å². The van der Waals surface area contributed by atoms with Crippen molar-refractivity contribution < 1.29 is 38.2 Å². The van der Waals surface area contributed by atoms with Crippen LogP contribution in [0, 0.1) is 12.8 Å². The number of hydrogen-bond acceptors (Lipinski definition) is 13. The zero-order valence-electron chi connectivity index (χ0n) is 24.1. The van der Waals surface area contributed by atoms with Crippen molar-refractivity contribution in [2.24, 2.45) is 16.2 Å². The van der Waals surface area contributed by atoms with Crippen molar-refractivity contribution in [3.05, 3.63) is 16.1 Å². The first kappa shape index (κ1) is 31.5. The first-order chi connectivity index (χ1) is 19.5. The number of Topliss-reactive ketones (excluding diaryl/α,β-unsaturated/α-hetero) is 1. The molecule has 42 heavy (non-hydrogen) atoms. The van der Waals surface area contributed by atoms with Crippen LogP contribution in [-0.4, -0.2) is 111 Å². The van der Waals surface area contributed by atoms with Gasteiger partial charge in [-0.1, -0.05) is 16.9 Å². The van der Waals surface area contributed by atoms with Crippen molar-refractivity contribution in [1.29, 1.82) is 0 Å². The molecular weight excluding hydrogens is 587 g/mol. The lowest BCUT2D eigenvalue weighted by Gasteiger charge is -2.40. The van der Waals surface area contributed by atoms with Crippen LogP contribution < -0.4 is 0 Å². The molecule has 0 bridgehead atoms. The van der Waals surface area contributed by atoms with E-state index in [0.717, 1.165) is 16.8 Å². The number of carbonyl (C=O) groups excluding carboxylic acids is 5. The third kappa shape index (κ3) is 5.75. The number of ketones is 1. The Balaban J connectivity index is 1.56. The van der Waals surface area contributed by atoms with Gasteiger partial charge in [0.15, 0.2) is 11.5 Å². The molecule has 3 aliphatic rings. The molecule has 3 saturated heterocycles. The van der Waals surface area contributed by atoms with Gasteiger partial charge in [-0.05, 0) is 41.5 Å². The Morgan fingerprint density at radius 1 is 1.21 bits per heavy atom. The summed E-state index contributed by atoms with van der Waals surface area (Å²) in [5.74, 6) is -3.38. The molecule has 0 N–H and O–H groups in total. The second-order valence-electron chi connectivity index (χ2n) is 11.4. The molecule has 3 atom stereocenters. The van der Waals surface area contributed by atoms with Crippen LogP contribution in [0.5, 0.6) is 0 Å². The fraction of sp³-hybridized carbons (Fsp3) is 0.600. The maximum absolute atomic E-state index is 13.6. The van der Waals surface area contributed by atoms with E-state index in [-0.39, 0.29) is 43.4 Å². The fourth-order valence-corrected chi connectivity index (χ4v) is 6.96. The van der Waals surface area contributed by atoms with Gasteiger partial charge in [0.1, 0.15) is 11.3 Å². The zero-order chi connectivity index (χ0) is 31.2. The number of hydrogen-bond donors (Lipinski definition) is 0. The van der Waals surface area contributed by atoms with E-state index in [0.29, 0.717) is 5.01 Å². The number of β-lactam (4-membered cyclic amide) rings is 1. The predicted octanol–water partition coefficient (Wildman–Crippen LogP) is 1.46. The number of amides is 3. The lowest BCUT2D eigenvalue weighted by Crippen LogP contribution is -2.59. The summed E-state index contributed by atoms with van der Waals surface area (Å²) in [4.78, 5) is 76.2. The van der Waals surface area contributed by atoms with E-state index >= 15 is 0 Å². The Bertz CT molecular complexity index is 1360. The van der Waals surface area contributed by atoms with E-state index in [9.17, 15) is 24.0 Å². The fourth-order valence-electron chi connectivity index (χ4n) is 4.63. The molecule has 3 aliphatic heterocycles. The summed E-state index contributed by atoms with van der Waals surface area (Å²) in [7, 11) is 5.23. The van der Waals surface area contributed by atoms with Gasteiger partial charge < -0.3 is 19.1 Å². The molecule has 14 nitrogen and oxygen atoms in total. The Kier molecular flexibility index (Phi) is 8.48. The van der Waals surface area contributed by atoms with Crippen molar-refractivity contribution in [3.8, 4) is 0 Å². The molecule has 3 amide bonds.